The summed E-state index contributed by atoms with van der Waals surface area (Å²) in [4.78, 5) is 58.1. The van der Waals surface area contributed by atoms with Crippen molar-refractivity contribution in [2.24, 2.45) is 11.3 Å². The van der Waals surface area contributed by atoms with Crippen LogP contribution in [-0.4, -0.2) is 69.6 Å². The number of cyclic esters (lactones) is 1. The molecular formula is C31H41N5O6. The number of fused-ring (bicyclic) bond motifs is 4. The Hall–Kier alpha value is -3.83. The van der Waals surface area contributed by atoms with Gasteiger partial charge in [-0.3, -0.25) is 24.2 Å². The number of amides is 3. The number of hydrazine groups is 1. The fraction of sp³-hybridized carbons (Fsp3) is 0.516. The van der Waals surface area contributed by atoms with Crippen LogP contribution in [0.15, 0.2) is 36.4 Å². The Morgan fingerprint density at radius 2 is 1.76 bits per heavy atom. The van der Waals surface area contributed by atoms with Gasteiger partial charge >= 0.3 is 5.97 Å². The van der Waals surface area contributed by atoms with Crippen molar-refractivity contribution in [1.29, 1.82) is 0 Å². The number of nitrogens with one attached hydrogen (secondary N) is 3. The van der Waals surface area contributed by atoms with Crippen LogP contribution in [0.4, 0.5) is 0 Å². The van der Waals surface area contributed by atoms with Crippen LogP contribution in [0.25, 0.3) is 17.0 Å². The predicted molar refractivity (Wildman–Crippen MR) is 157 cm³/mol. The standard InChI is InChI=1S/C31H41N5O6/c1-17(2)25-27(38)33-26(18(3)37)28(39)36-15-7-8-23(35-36)29(40)42-19(4)22-12-11-21-10-9-20(16-24(21)32-22)13-14-31(5,6)30(41)34-25/h9-14,16-19,23,25-26,35,37H,7-8,15H2,1-6H3,(H,33,38)(H,34,41)/b14-13+/t18?,19-,23+,25+,26+/m1/s1. The average molecular weight is 580 g/mol. The van der Waals surface area contributed by atoms with E-state index in [1.807, 2.05) is 36.4 Å². The van der Waals surface area contributed by atoms with Crippen molar-refractivity contribution in [3.8, 4) is 0 Å². The number of esters is 1. The Balaban J connectivity index is 1.73. The van der Waals surface area contributed by atoms with E-state index in [2.05, 4.69) is 16.1 Å². The van der Waals surface area contributed by atoms with E-state index in [0.29, 0.717) is 24.1 Å². The maximum atomic E-state index is 13.5. The van der Waals surface area contributed by atoms with Crippen molar-refractivity contribution >= 4 is 40.7 Å². The summed E-state index contributed by atoms with van der Waals surface area (Å²) in [7, 11) is 0. The van der Waals surface area contributed by atoms with E-state index in [0.717, 1.165) is 10.9 Å². The highest BCUT2D eigenvalue weighted by molar-refractivity contribution is 5.94. The first-order chi connectivity index (χ1) is 19.8. The van der Waals surface area contributed by atoms with Crippen molar-refractivity contribution in [2.75, 3.05) is 6.54 Å². The molecule has 1 aromatic heterocycles. The monoisotopic (exact) mass is 579 g/mol. The number of hydrogen-bond donors (Lipinski definition) is 4. The third-order valence-corrected chi connectivity index (χ3v) is 7.74. The van der Waals surface area contributed by atoms with Gasteiger partial charge in [0.25, 0.3) is 5.91 Å². The number of aliphatic hydroxyl groups is 1. The van der Waals surface area contributed by atoms with Crippen LogP contribution in [0.2, 0.25) is 0 Å². The van der Waals surface area contributed by atoms with Crippen molar-refractivity contribution in [1.82, 2.24) is 26.1 Å². The molecule has 3 heterocycles. The fourth-order valence-electron chi connectivity index (χ4n) is 4.95. The lowest BCUT2D eigenvalue weighted by atomic mass is 9.89. The quantitative estimate of drug-likeness (QED) is 0.396. The smallest absolute Gasteiger partial charge is 0.325 e. The second-order valence-corrected chi connectivity index (χ2v) is 12.1. The van der Waals surface area contributed by atoms with Crippen molar-refractivity contribution < 1.29 is 29.0 Å². The Bertz CT molecular complexity index is 1390. The van der Waals surface area contributed by atoms with Gasteiger partial charge in [-0.2, -0.15) is 0 Å². The topological polar surface area (TPSA) is 150 Å². The van der Waals surface area contributed by atoms with E-state index in [-0.39, 0.29) is 18.4 Å². The lowest BCUT2D eigenvalue weighted by Gasteiger charge is -2.36. The first-order valence-electron chi connectivity index (χ1n) is 14.4. The third-order valence-electron chi connectivity index (χ3n) is 7.74. The molecule has 4 N–H and O–H groups in total. The van der Waals surface area contributed by atoms with Gasteiger partial charge in [-0.15, -0.1) is 0 Å². The Kier molecular flexibility index (Phi) is 9.32. The van der Waals surface area contributed by atoms with Gasteiger partial charge in [-0.25, -0.2) is 10.4 Å². The molecule has 0 saturated carbocycles. The molecule has 1 saturated heterocycles. The summed E-state index contributed by atoms with van der Waals surface area (Å²) in [6.07, 6.45) is 2.65. The summed E-state index contributed by atoms with van der Waals surface area (Å²) < 4.78 is 5.74. The maximum absolute atomic E-state index is 13.5. The van der Waals surface area contributed by atoms with Gasteiger partial charge in [0, 0.05) is 11.9 Å². The van der Waals surface area contributed by atoms with Crippen LogP contribution >= 0.6 is 0 Å². The number of carbonyl (C=O) groups excluding carboxylic acids is 4. The lowest BCUT2D eigenvalue weighted by Crippen LogP contribution is -2.64. The van der Waals surface area contributed by atoms with Gasteiger partial charge < -0.3 is 20.5 Å². The summed E-state index contributed by atoms with van der Waals surface area (Å²) >= 11 is 0. The minimum Gasteiger partial charge on any atom is -0.455 e. The van der Waals surface area contributed by atoms with Crippen LogP contribution in [0, 0.1) is 11.3 Å². The normalized spacial score (nSPS) is 27.3. The molecule has 226 valence electrons. The zero-order valence-corrected chi connectivity index (χ0v) is 25.0. The molecule has 2 aliphatic rings. The molecule has 5 atom stereocenters. The highest BCUT2D eigenvalue weighted by Crippen LogP contribution is 2.25. The summed E-state index contributed by atoms with van der Waals surface area (Å²) in [5.74, 6) is -2.41. The minimum atomic E-state index is -1.30. The second-order valence-electron chi connectivity index (χ2n) is 12.1. The molecule has 42 heavy (non-hydrogen) atoms. The second kappa shape index (κ2) is 12.6. The van der Waals surface area contributed by atoms with E-state index in [4.69, 9.17) is 9.72 Å². The maximum Gasteiger partial charge on any atom is 0.325 e. The molecule has 11 heteroatoms. The number of nitrogens with zero attached hydrogens (tertiary/aromatic N) is 2. The lowest BCUT2D eigenvalue weighted by molar-refractivity contribution is -0.157. The van der Waals surface area contributed by atoms with E-state index in [9.17, 15) is 24.3 Å². The molecular weight excluding hydrogens is 538 g/mol. The molecule has 1 unspecified atom stereocenters. The van der Waals surface area contributed by atoms with Gasteiger partial charge in [0.15, 0.2) is 0 Å². The number of aliphatic hydroxyl groups excluding tert-OH is 1. The molecule has 2 aromatic rings. The zero-order valence-electron chi connectivity index (χ0n) is 25.0. The van der Waals surface area contributed by atoms with Crippen LogP contribution in [-0.2, 0) is 23.9 Å². The summed E-state index contributed by atoms with van der Waals surface area (Å²) in [5, 5.41) is 18.1. The number of aromatic nitrogens is 1. The number of ether oxygens (including phenoxy) is 1. The Morgan fingerprint density at radius 3 is 2.45 bits per heavy atom. The third kappa shape index (κ3) is 6.96. The van der Waals surface area contributed by atoms with Crippen LogP contribution in [0.5, 0.6) is 0 Å². The number of hydrogen-bond acceptors (Lipinski definition) is 8. The van der Waals surface area contributed by atoms with Crippen molar-refractivity contribution in [2.45, 2.75) is 84.7 Å². The van der Waals surface area contributed by atoms with Crippen LogP contribution in [0.1, 0.15) is 71.7 Å². The Morgan fingerprint density at radius 1 is 1.05 bits per heavy atom. The minimum absolute atomic E-state index is 0.274. The molecule has 0 aliphatic carbocycles. The summed E-state index contributed by atoms with van der Waals surface area (Å²) in [6, 6.07) is 6.40. The first-order valence-corrected chi connectivity index (χ1v) is 14.4. The molecule has 0 spiro atoms. The highest BCUT2D eigenvalue weighted by Gasteiger charge is 2.38. The van der Waals surface area contributed by atoms with Gasteiger partial charge in [-0.1, -0.05) is 44.2 Å². The SMILES string of the molecule is CC(C)[C@@H]1NC(=O)C(C)(C)/C=C/c2ccc3ccc(nc3c2)[C@@H](C)OC(=O)[C@@H]2CCCN(N2)C(=O)[C@H](C(C)O)NC1=O. The van der Waals surface area contributed by atoms with E-state index >= 15 is 0 Å². The number of rotatable bonds is 2. The molecule has 2 aliphatic heterocycles. The average Bonchev–Trinajstić information content (AvgIpc) is 2.95. The fourth-order valence-corrected chi connectivity index (χ4v) is 4.95. The van der Waals surface area contributed by atoms with Crippen molar-refractivity contribution in [3.05, 3.63) is 47.7 Å². The molecule has 3 amide bonds. The van der Waals surface area contributed by atoms with Gasteiger partial charge in [0.2, 0.25) is 11.8 Å². The Labute approximate surface area is 246 Å². The number of benzene rings is 1. The largest absolute Gasteiger partial charge is 0.455 e. The summed E-state index contributed by atoms with van der Waals surface area (Å²) in [6.45, 7) is 10.5. The molecule has 1 fully saturated rings. The molecule has 4 rings (SSSR count). The number of carbonyl (C=O) groups is 4. The van der Waals surface area contributed by atoms with Gasteiger partial charge in [-0.05, 0) is 64.2 Å². The summed E-state index contributed by atoms with van der Waals surface area (Å²) in [5.41, 5.74) is 4.04. The first kappa shape index (κ1) is 31.1. The van der Waals surface area contributed by atoms with Gasteiger partial charge in [0.1, 0.15) is 24.2 Å². The molecule has 5 bridgehead atoms. The predicted octanol–water partition coefficient (Wildman–Crippen LogP) is 2.39. The van der Waals surface area contributed by atoms with Crippen LogP contribution < -0.4 is 16.1 Å². The van der Waals surface area contributed by atoms with E-state index in [1.54, 1.807) is 40.7 Å². The zero-order chi connectivity index (χ0) is 30.8. The van der Waals surface area contributed by atoms with E-state index < -0.39 is 53.5 Å². The molecule has 11 nitrogen and oxygen atoms in total. The van der Waals surface area contributed by atoms with Gasteiger partial charge in [0.05, 0.1) is 22.7 Å². The molecule has 0 radical (unpaired) electrons. The molecule has 1 aromatic carbocycles. The van der Waals surface area contributed by atoms with E-state index in [1.165, 1.54) is 11.9 Å². The van der Waals surface area contributed by atoms with Crippen molar-refractivity contribution in [3.63, 3.8) is 0 Å². The van der Waals surface area contributed by atoms with Crippen LogP contribution in [0.3, 0.4) is 0 Å². The highest BCUT2D eigenvalue weighted by atomic mass is 16.5. The number of pyridine rings is 1.